The van der Waals surface area contributed by atoms with E-state index in [9.17, 15) is 37.3 Å². The van der Waals surface area contributed by atoms with Gasteiger partial charge in [-0.3, -0.25) is 9.11 Å². The van der Waals surface area contributed by atoms with Gasteiger partial charge in [-0.1, -0.05) is 0 Å². The monoisotopic (exact) mass is 514 g/mol. The van der Waals surface area contributed by atoms with Crippen LogP contribution in [0.2, 0.25) is 0 Å². The van der Waals surface area contributed by atoms with E-state index in [0.717, 1.165) is 7.11 Å². The molecule has 0 aliphatic carbocycles. The lowest BCUT2D eigenvalue weighted by molar-refractivity contribution is -0.340. The van der Waals surface area contributed by atoms with Crippen LogP contribution in [-0.4, -0.2) is 128 Å². The van der Waals surface area contributed by atoms with E-state index in [1.54, 1.807) is 0 Å². The summed E-state index contributed by atoms with van der Waals surface area (Å²) in [4.78, 5) is 0. The van der Waals surface area contributed by atoms with Crippen LogP contribution in [0.15, 0.2) is 0 Å². The van der Waals surface area contributed by atoms with Crippen LogP contribution < -0.4 is 0 Å². The molecule has 0 aromatic rings. The molecule has 4 unspecified atom stereocenters. The third-order valence-electron chi connectivity index (χ3n) is 4.90. The fraction of sp³-hybridized carbons (Fsp3) is 1.00. The summed E-state index contributed by atoms with van der Waals surface area (Å²) >= 11 is 0. The quantitative estimate of drug-likeness (QED) is 0.160. The first kappa shape index (κ1) is 27.7. The van der Waals surface area contributed by atoms with Crippen molar-refractivity contribution >= 4 is 20.8 Å². The van der Waals surface area contributed by atoms with Crippen LogP contribution in [0.3, 0.4) is 0 Å². The minimum atomic E-state index is -5.04. The predicted octanol–water partition coefficient (Wildman–Crippen LogP) is -4.02. The molecule has 18 heteroatoms. The highest BCUT2D eigenvalue weighted by Gasteiger charge is 2.52. The van der Waals surface area contributed by atoms with Crippen molar-refractivity contribution in [1.82, 2.24) is 0 Å². The molecule has 2 aliphatic heterocycles. The van der Waals surface area contributed by atoms with Gasteiger partial charge in [0, 0.05) is 7.11 Å². The van der Waals surface area contributed by atoms with Gasteiger partial charge in [0.1, 0.15) is 48.8 Å². The average Bonchev–Trinajstić information content (AvgIpc) is 2.67. The third kappa shape index (κ3) is 6.96. The van der Waals surface area contributed by atoms with Gasteiger partial charge in [-0.05, 0) is 6.92 Å². The molecule has 0 saturated carbocycles. The van der Waals surface area contributed by atoms with Crippen LogP contribution in [0.25, 0.3) is 0 Å². The molecule has 32 heavy (non-hydrogen) atoms. The second-order valence-corrected chi connectivity index (χ2v) is 9.22. The number of aliphatic hydroxyl groups is 4. The zero-order valence-electron chi connectivity index (χ0n) is 16.8. The fourth-order valence-corrected chi connectivity index (χ4v) is 4.24. The Kier molecular flexibility index (Phi) is 9.32. The lowest BCUT2D eigenvalue weighted by Crippen LogP contribution is -2.65. The summed E-state index contributed by atoms with van der Waals surface area (Å²) in [6.07, 6.45) is -15.6. The number of hydrogen-bond donors (Lipinski definition) is 6. The Labute approximate surface area is 183 Å². The van der Waals surface area contributed by atoms with E-state index in [1.807, 2.05) is 0 Å². The van der Waals surface area contributed by atoms with Crippen LogP contribution in [-0.2, 0) is 48.1 Å². The molecule has 190 valence electrons. The number of methoxy groups -OCH3 is 1. The first-order valence-electron chi connectivity index (χ1n) is 9.10. The minimum Gasteiger partial charge on any atom is -0.394 e. The maximum Gasteiger partial charge on any atom is 0.397 e. The van der Waals surface area contributed by atoms with E-state index in [4.69, 9.17) is 28.1 Å². The number of hydrogen-bond acceptors (Lipinski definition) is 14. The lowest BCUT2D eigenvalue weighted by atomic mass is 9.95. The van der Waals surface area contributed by atoms with Crippen molar-refractivity contribution in [2.24, 2.45) is 0 Å². The second-order valence-electron chi connectivity index (χ2n) is 7.08. The molecule has 0 amide bonds. The topological polar surface area (TPSA) is 245 Å². The van der Waals surface area contributed by atoms with Crippen molar-refractivity contribution in [2.75, 3.05) is 20.3 Å². The molecule has 16 nitrogen and oxygen atoms in total. The zero-order chi connectivity index (χ0) is 24.4. The maximum absolute atomic E-state index is 11.1. The van der Waals surface area contributed by atoms with Crippen LogP contribution in [0.1, 0.15) is 6.92 Å². The molecule has 2 saturated heterocycles. The average molecular weight is 514 g/mol. The molecule has 10 atom stereocenters. The molecule has 2 fully saturated rings. The summed E-state index contributed by atoms with van der Waals surface area (Å²) in [6, 6.07) is 0. The van der Waals surface area contributed by atoms with Crippen LogP contribution in [0.5, 0.6) is 0 Å². The summed E-state index contributed by atoms with van der Waals surface area (Å²) in [5.41, 5.74) is 0. The predicted molar refractivity (Wildman–Crippen MR) is 97.7 cm³/mol. The smallest absolute Gasteiger partial charge is 0.394 e. The van der Waals surface area contributed by atoms with Crippen molar-refractivity contribution in [3.8, 4) is 0 Å². The first-order chi connectivity index (χ1) is 14.7. The Balaban J connectivity index is 2.26. The number of aliphatic hydroxyl groups excluding tert-OH is 4. The zero-order valence-corrected chi connectivity index (χ0v) is 18.4. The van der Waals surface area contributed by atoms with E-state index >= 15 is 0 Å². The SMILES string of the molecule is CO[C@@H]1C(O)[C@H](O[C@H]2C(COS(=O)(=O)O)O[C@H](C)C(O)[C@H]2O)OC(CO)[C@@H]1OS(=O)(=O)O. The van der Waals surface area contributed by atoms with Crippen LogP contribution in [0.4, 0.5) is 0 Å². The van der Waals surface area contributed by atoms with E-state index in [1.165, 1.54) is 6.92 Å². The normalized spacial score (nSPS) is 41.5. The van der Waals surface area contributed by atoms with E-state index in [2.05, 4.69) is 8.37 Å². The number of ether oxygens (including phenoxy) is 4. The van der Waals surface area contributed by atoms with Crippen LogP contribution >= 0.6 is 0 Å². The molecule has 2 rings (SSSR count). The summed E-state index contributed by atoms with van der Waals surface area (Å²) in [5.74, 6) is 0. The molecule has 2 heterocycles. The largest absolute Gasteiger partial charge is 0.397 e. The summed E-state index contributed by atoms with van der Waals surface area (Å²) in [5, 5.41) is 40.5. The summed E-state index contributed by atoms with van der Waals surface area (Å²) in [6.45, 7) is -0.381. The molecule has 0 bridgehead atoms. The molecule has 2 aliphatic rings. The third-order valence-corrected chi connectivity index (χ3v) is 5.79. The van der Waals surface area contributed by atoms with Crippen molar-refractivity contribution in [2.45, 2.75) is 68.1 Å². The Morgan fingerprint density at radius 3 is 1.97 bits per heavy atom. The molecule has 6 N–H and O–H groups in total. The van der Waals surface area contributed by atoms with Crippen molar-refractivity contribution in [3.05, 3.63) is 0 Å². The van der Waals surface area contributed by atoms with E-state index in [0.29, 0.717) is 0 Å². The second kappa shape index (κ2) is 10.8. The van der Waals surface area contributed by atoms with Gasteiger partial charge in [-0.2, -0.15) is 16.8 Å². The van der Waals surface area contributed by atoms with Gasteiger partial charge in [-0.15, -0.1) is 0 Å². The molecule has 0 aromatic carbocycles. The molecule has 0 spiro atoms. The fourth-order valence-electron chi connectivity index (χ4n) is 3.42. The van der Waals surface area contributed by atoms with Crippen molar-refractivity contribution < 1.29 is 73.7 Å². The van der Waals surface area contributed by atoms with Gasteiger partial charge in [0.2, 0.25) is 0 Å². The van der Waals surface area contributed by atoms with Gasteiger partial charge in [0.05, 0.1) is 19.3 Å². The summed E-state index contributed by atoms with van der Waals surface area (Å²) in [7, 11) is -8.89. The highest BCUT2D eigenvalue weighted by molar-refractivity contribution is 7.81. The van der Waals surface area contributed by atoms with E-state index in [-0.39, 0.29) is 0 Å². The van der Waals surface area contributed by atoms with Crippen molar-refractivity contribution in [3.63, 3.8) is 0 Å². The Morgan fingerprint density at radius 1 is 0.844 bits per heavy atom. The van der Waals surface area contributed by atoms with Gasteiger partial charge in [0.15, 0.2) is 6.29 Å². The Bertz CT molecular complexity index is 817. The molecular weight excluding hydrogens is 488 g/mol. The first-order valence-corrected chi connectivity index (χ1v) is 11.8. The van der Waals surface area contributed by atoms with Crippen molar-refractivity contribution in [1.29, 1.82) is 0 Å². The Hall–Kier alpha value is -0.580. The maximum atomic E-state index is 11.1. The van der Waals surface area contributed by atoms with Gasteiger partial charge in [-0.25, -0.2) is 8.37 Å². The lowest BCUT2D eigenvalue weighted by Gasteiger charge is -2.46. The molecular formula is C14H26O16S2. The van der Waals surface area contributed by atoms with E-state index < -0.39 is 95.2 Å². The van der Waals surface area contributed by atoms with Gasteiger partial charge < -0.3 is 39.4 Å². The Morgan fingerprint density at radius 2 is 1.47 bits per heavy atom. The standard InChI is InChI=1S/C14H26O16S2/c1-5-8(16)9(17)11(7(27-5)4-26-31(19,20)21)29-14-10(18)13(25-2)12(6(3-15)28-14)30-32(22,23)24/h5-18H,3-4H2,1-2H3,(H,19,20,21)(H,22,23,24)/t5-,6?,7?,8?,9-,10?,11+,12+,13-,14+/m1/s1. The van der Waals surface area contributed by atoms with Crippen LogP contribution in [0, 0.1) is 0 Å². The van der Waals surface area contributed by atoms with Gasteiger partial charge in [0.25, 0.3) is 0 Å². The summed E-state index contributed by atoms with van der Waals surface area (Å²) < 4.78 is 91.5. The molecule has 0 radical (unpaired) electrons. The van der Waals surface area contributed by atoms with Gasteiger partial charge >= 0.3 is 20.8 Å². The minimum absolute atomic E-state index is 0.855. The molecule has 0 aromatic heterocycles. The highest BCUT2D eigenvalue weighted by atomic mass is 32.3. The number of rotatable bonds is 9. The highest BCUT2D eigenvalue weighted by Crippen LogP contribution is 2.31.